The molecule has 0 spiro atoms. The summed E-state index contributed by atoms with van der Waals surface area (Å²) in [5.74, 6) is -0.585. The maximum absolute atomic E-state index is 12.3. The lowest BCUT2D eigenvalue weighted by Gasteiger charge is -2.33. The fourth-order valence-corrected chi connectivity index (χ4v) is 3.48. The quantitative estimate of drug-likeness (QED) is 0.577. The van der Waals surface area contributed by atoms with E-state index in [0.29, 0.717) is 19.7 Å². The standard InChI is InChI=1S/C17H27NO4/c1-12-7-14(10-17(2,3)9-12)22-16(20)13-8-15(19)18(11-13)5-6-21-4/h7,13-14H,5-6,8-11H2,1-4H3/t13-,14+/m0/s1. The highest BCUT2D eigenvalue weighted by molar-refractivity contribution is 5.86. The lowest BCUT2D eigenvalue weighted by atomic mass is 9.76. The Kier molecular flexibility index (Phi) is 5.27. The monoisotopic (exact) mass is 309 g/mol. The minimum atomic E-state index is -0.344. The van der Waals surface area contributed by atoms with Crippen LogP contribution >= 0.6 is 0 Å². The first-order chi connectivity index (χ1) is 10.3. The molecule has 0 aromatic heterocycles. The van der Waals surface area contributed by atoms with Gasteiger partial charge in [0.25, 0.3) is 0 Å². The van der Waals surface area contributed by atoms with Crippen molar-refractivity contribution in [3.05, 3.63) is 11.6 Å². The number of hydrogen-bond donors (Lipinski definition) is 0. The summed E-state index contributed by atoms with van der Waals surface area (Å²) in [4.78, 5) is 25.9. The molecule has 0 unspecified atom stereocenters. The molecular weight excluding hydrogens is 282 g/mol. The summed E-state index contributed by atoms with van der Waals surface area (Å²) in [5, 5.41) is 0. The van der Waals surface area contributed by atoms with Crippen molar-refractivity contribution >= 4 is 11.9 Å². The second-order valence-corrected chi connectivity index (χ2v) is 7.27. The Morgan fingerprint density at radius 1 is 1.45 bits per heavy atom. The zero-order valence-electron chi connectivity index (χ0n) is 14.1. The number of carbonyl (C=O) groups is 2. The molecule has 1 aliphatic heterocycles. The molecule has 0 N–H and O–H groups in total. The van der Waals surface area contributed by atoms with Crippen LogP contribution in [0, 0.1) is 11.3 Å². The average Bonchev–Trinajstić information content (AvgIpc) is 2.75. The smallest absolute Gasteiger partial charge is 0.311 e. The third kappa shape index (κ3) is 4.32. The van der Waals surface area contributed by atoms with Crippen molar-refractivity contribution in [3.63, 3.8) is 0 Å². The van der Waals surface area contributed by atoms with Gasteiger partial charge in [0.2, 0.25) is 5.91 Å². The third-order valence-electron chi connectivity index (χ3n) is 4.36. The molecule has 1 fully saturated rings. The molecule has 22 heavy (non-hydrogen) atoms. The molecule has 5 nitrogen and oxygen atoms in total. The molecule has 124 valence electrons. The van der Waals surface area contributed by atoms with Crippen molar-refractivity contribution in [1.82, 2.24) is 4.90 Å². The van der Waals surface area contributed by atoms with E-state index in [4.69, 9.17) is 9.47 Å². The molecule has 2 aliphatic rings. The van der Waals surface area contributed by atoms with Crippen molar-refractivity contribution in [3.8, 4) is 0 Å². The maximum atomic E-state index is 12.3. The van der Waals surface area contributed by atoms with Gasteiger partial charge in [-0.3, -0.25) is 9.59 Å². The highest BCUT2D eigenvalue weighted by Gasteiger charge is 2.37. The molecule has 0 aromatic rings. The van der Waals surface area contributed by atoms with E-state index in [0.717, 1.165) is 12.8 Å². The molecule has 2 rings (SSSR count). The molecule has 5 heteroatoms. The first-order valence-electron chi connectivity index (χ1n) is 7.95. The number of ether oxygens (including phenoxy) is 2. The molecule has 1 aliphatic carbocycles. The van der Waals surface area contributed by atoms with E-state index >= 15 is 0 Å². The number of nitrogens with zero attached hydrogens (tertiary/aromatic N) is 1. The normalized spacial score (nSPS) is 27.7. The molecular formula is C17H27NO4. The van der Waals surface area contributed by atoms with Gasteiger partial charge in [-0.1, -0.05) is 19.4 Å². The summed E-state index contributed by atoms with van der Waals surface area (Å²) < 4.78 is 10.6. The van der Waals surface area contributed by atoms with Gasteiger partial charge in [-0.05, 0) is 31.3 Å². The van der Waals surface area contributed by atoms with Crippen LogP contribution < -0.4 is 0 Å². The summed E-state index contributed by atoms with van der Waals surface area (Å²) in [6, 6.07) is 0. The summed E-state index contributed by atoms with van der Waals surface area (Å²) >= 11 is 0. The van der Waals surface area contributed by atoms with Gasteiger partial charge in [-0.15, -0.1) is 0 Å². The predicted molar refractivity (Wildman–Crippen MR) is 83.2 cm³/mol. The fraction of sp³-hybridized carbons (Fsp3) is 0.765. The van der Waals surface area contributed by atoms with Crippen LogP contribution in [0.15, 0.2) is 11.6 Å². The minimum Gasteiger partial charge on any atom is -0.458 e. The van der Waals surface area contributed by atoms with Crippen LogP contribution in [-0.4, -0.2) is 49.7 Å². The summed E-state index contributed by atoms with van der Waals surface area (Å²) in [5.41, 5.74) is 1.41. The minimum absolute atomic E-state index is 0.00898. The Hall–Kier alpha value is -1.36. The first-order valence-corrected chi connectivity index (χ1v) is 7.95. The number of amides is 1. The van der Waals surface area contributed by atoms with Crippen LogP contribution in [0.1, 0.15) is 40.0 Å². The lowest BCUT2D eigenvalue weighted by molar-refractivity contribution is -0.153. The maximum Gasteiger partial charge on any atom is 0.311 e. The zero-order chi connectivity index (χ0) is 16.3. The van der Waals surface area contributed by atoms with Gasteiger partial charge in [0.1, 0.15) is 6.10 Å². The Morgan fingerprint density at radius 3 is 2.82 bits per heavy atom. The van der Waals surface area contributed by atoms with Crippen molar-refractivity contribution in [1.29, 1.82) is 0 Å². The Morgan fingerprint density at radius 2 is 2.18 bits per heavy atom. The largest absolute Gasteiger partial charge is 0.458 e. The number of methoxy groups -OCH3 is 1. The third-order valence-corrected chi connectivity index (χ3v) is 4.36. The number of rotatable bonds is 5. The van der Waals surface area contributed by atoms with Crippen LogP contribution in [0.5, 0.6) is 0 Å². The van der Waals surface area contributed by atoms with E-state index in [1.54, 1.807) is 12.0 Å². The number of carbonyl (C=O) groups excluding carboxylic acids is 2. The van der Waals surface area contributed by atoms with Crippen molar-refractivity contribution < 1.29 is 19.1 Å². The van der Waals surface area contributed by atoms with E-state index in [9.17, 15) is 9.59 Å². The zero-order valence-corrected chi connectivity index (χ0v) is 14.1. The topological polar surface area (TPSA) is 55.8 Å². The highest BCUT2D eigenvalue weighted by atomic mass is 16.5. The van der Waals surface area contributed by atoms with Crippen LogP contribution in [-0.2, 0) is 19.1 Å². The predicted octanol–water partition coefficient (Wildman–Crippen LogP) is 2.16. The molecule has 1 amide bonds. The van der Waals surface area contributed by atoms with Crippen LogP contribution in [0.2, 0.25) is 0 Å². The Balaban J connectivity index is 1.90. The van der Waals surface area contributed by atoms with Crippen molar-refractivity contribution in [2.24, 2.45) is 11.3 Å². The van der Waals surface area contributed by atoms with Gasteiger partial charge in [0.15, 0.2) is 0 Å². The summed E-state index contributed by atoms with van der Waals surface area (Å²) in [6.45, 7) is 7.93. The molecule has 0 aromatic carbocycles. The molecule has 0 radical (unpaired) electrons. The molecule has 0 bridgehead atoms. The fourth-order valence-electron chi connectivity index (χ4n) is 3.48. The Bertz CT molecular complexity index is 469. The average molecular weight is 309 g/mol. The molecule has 0 saturated carbocycles. The van der Waals surface area contributed by atoms with Gasteiger partial charge in [0, 0.05) is 26.6 Å². The first kappa shape index (κ1) is 17.0. The van der Waals surface area contributed by atoms with Crippen LogP contribution in [0.3, 0.4) is 0 Å². The van der Waals surface area contributed by atoms with Gasteiger partial charge >= 0.3 is 5.97 Å². The van der Waals surface area contributed by atoms with Gasteiger partial charge in [-0.25, -0.2) is 0 Å². The molecule has 1 heterocycles. The van der Waals surface area contributed by atoms with E-state index in [1.807, 2.05) is 6.08 Å². The SMILES string of the molecule is COCCN1C[C@@H](C(=O)O[C@@H]2C=C(C)CC(C)(C)C2)CC1=O. The van der Waals surface area contributed by atoms with Crippen molar-refractivity contribution in [2.75, 3.05) is 26.8 Å². The van der Waals surface area contributed by atoms with Crippen LogP contribution in [0.4, 0.5) is 0 Å². The van der Waals surface area contributed by atoms with Gasteiger partial charge < -0.3 is 14.4 Å². The number of likely N-dealkylation sites (tertiary alicyclic amines) is 1. The number of hydrogen-bond acceptors (Lipinski definition) is 4. The second-order valence-electron chi connectivity index (χ2n) is 7.27. The molecule has 1 saturated heterocycles. The van der Waals surface area contributed by atoms with E-state index in [1.165, 1.54) is 5.57 Å². The highest BCUT2D eigenvalue weighted by Crippen LogP contribution is 2.36. The number of esters is 1. The van der Waals surface area contributed by atoms with E-state index < -0.39 is 0 Å². The Labute approximate surface area is 132 Å². The van der Waals surface area contributed by atoms with E-state index in [2.05, 4.69) is 20.8 Å². The van der Waals surface area contributed by atoms with E-state index in [-0.39, 0.29) is 35.7 Å². The summed E-state index contributed by atoms with van der Waals surface area (Å²) in [6.07, 6.45) is 4.00. The number of allylic oxidation sites excluding steroid dienone is 1. The van der Waals surface area contributed by atoms with Crippen LogP contribution in [0.25, 0.3) is 0 Å². The van der Waals surface area contributed by atoms with Crippen molar-refractivity contribution in [2.45, 2.75) is 46.1 Å². The van der Waals surface area contributed by atoms with Gasteiger partial charge in [-0.2, -0.15) is 0 Å². The molecule has 2 atom stereocenters. The summed E-state index contributed by atoms with van der Waals surface area (Å²) in [7, 11) is 1.60. The lowest BCUT2D eigenvalue weighted by Crippen LogP contribution is -2.32. The van der Waals surface area contributed by atoms with Gasteiger partial charge in [0.05, 0.1) is 12.5 Å². The second kappa shape index (κ2) is 6.82.